The van der Waals surface area contributed by atoms with Gasteiger partial charge in [-0.3, -0.25) is 9.88 Å². The smallest absolute Gasteiger partial charge is 0.119 e. The molecule has 0 amide bonds. The molecule has 4 nitrogen and oxygen atoms in total. The van der Waals surface area contributed by atoms with E-state index in [1.54, 1.807) is 0 Å². The molecule has 1 unspecified atom stereocenters. The Hall–Kier alpha value is -2.59. The summed E-state index contributed by atoms with van der Waals surface area (Å²) in [6.07, 6.45) is 5.21. The molecule has 0 radical (unpaired) electrons. The van der Waals surface area contributed by atoms with Crippen LogP contribution in [0.4, 0.5) is 0 Å². The van der Waals surface area contributed by atoms with Crippen LogP contribution in [0.2, 0.25) is 0 Å². The predicted molar refractivity (Wildman–Crippen MR) is 103 cm³/mol. The normalized spacial score (nSPS) is 17.5. The molecule has 3 aromatic rings. The van der Waals surface area contributed by atoms with Crippen LogP contribution in [0.5, 0.6) is 5.75 Å². The first kappa shape index (κ1) is 16.9. The molecule has 0 aliphatic carbocycles. The molecule has 134 valence electrons. The summed E-state index contributed by atoms with van der Waals surface area (Å²) in [5.41, 5.74) is 3.76. The summed E-state index contributed by atoms with van der Waals surface area (Å²) in [4.78, 5) is 7.08. The summed E-state index contributed by atoms with van der Waals surface area (Å²) in [5.74, 6) is 0.927. The molecule has 0 fully saturated rings. The van der Waals surface area contributed by atoms with Gasteiger partial charge in [-0.25, -0.2) is 0 Å². The van der Waals surface area contributed by atoms with E-state index >= 15 is 0 Å². The van der Waals surface area contributed by atoms with Crippen molar-refractivity contribution < 1.29 is 4.74 Å². The summed E-state index contributed by atoms with van der Waals surface area (Å²) < 4.78 is 8.01. The molecule has 0 spiro atoms. The van der Waals surface area contributed by atoms with Gasteiger partial charge in [0.1, 0.15) is 5.75 Å². The number of hydrogen-bond donors (Lipinski definition) is 0. The number of aromatic nitrogens is 2. The average molecular weight is 347 g/mol. The standard InChI is InChI=1S/C22H25N3O/c1-2-26-20-11-9-18(10-12-20)22-21-8-5-14-24(21)15-6-16-25(22)17-19-7-3-4-13-23-19/h3-5,7-14,22H,2,6,15-17H2,1H3. The minimum atomic E-state index is 0.227. The molecular formula is C22H25N3O. The lowest BCUT2D eigenvalue weighted by molar-refractivity contribution is 0.217. The van der Waals surface area contributed by atoms with Crippen LogP contribution in [0.1, 0.15) is 36.3 Å². The zero-order valence-corrected chi connectivity index (χ0v) is 15.2. The summed E-state index contributed by atoms with van der Waals surface area (Å²) in [5, 5.41) is 0. The number of fused-ring (bicyclic) bond motifs is 1. The fraction of sp³-hybridized carbons (Fsp3) is 0.318. The number of aryl methyl sites for hydroxylation is 1. The third-order valence-corrected chi connectivity index (χ3v) is 4.95. The fourth-order valence-corrected chi connectivity index (χ4v) is 3.80. The molecule has 0 saturated carbocycles. The van der Waals surface area contributed by atoms with E-state index in [9.17, 15) is 0 Å². The third kappa shape index (κ3) is 3.51. The minimum Gasteiger partial charge on any atom is -0.494 e. The van der Waals surface area contributed by atoms with Crippen LogP contribution in [-0.2, 0) is 13.1 Å². The number of nitrogens with zero attached hydrogens (tertiary/aromatic N) is 3. The van der Waals surface area contributed by atoms with Crippen molar-refractivity contribution in [3.63, 3.8) is 0 Å². The molecule has 1 aromatic carbocycles. The van der Waals surface area contributed by atoms with Gasteiger partial charge < -0.3 is 9.30 Å². The van der Waals surface area contributed by atoms with Gasteiger partial charge in [-0.05, 0) is 55.3 Å². The third-order valence-electron chi connectivity index (χ3n) is 4.95. The average Bonchev–Trinajstić information content (AvgIpc) is 3.06. The second-order valence-corrected chi connectivity index (χ2v) is 6.68. The first-order chi connectivity index (χ1) is 12.8. The number of ether oxygens (including phenoxy) is 1. The molecular weight excluding hydrogens is 322 g/mol. The SMILES string of the molecule is CCOc1ccc(C2c3cccn3CCCN2Cc2ccccn2)cc1. The van der Waals surface area contributed by atoms with Crippen LogP contribution < -0.4 is 4.74 Å². The van der Waals surface area contributed by atoms with E-state index in [4.69, 9.17) is 4.74 Å². The Morgan fingerprint density at radius 1 is 1.04 bits per heavy atom. The van der Waals surface area contributed by atoms with E-state index in [-0.39, 0.29) is 6.04 Å². The molecule has 26 heavy (non-hydrogen) atoms. The van der Waals surface area contributed by atoms with E-state index in [1.807, 2.05) is 19.2 Å². The zero-order chi connectivity index (χ0) is 17.8. The highest BCUT2D eigenvalue weighted by atomic mass is 16.5. The number of benzene rings is 1. The van der Waals surface area contributed by atoms with Gasteiger partial charge in [0.15, 0.2) is 0 Å². The lowest BCUT2D eigenvalue weighted by Crippen LogP contribution is -2.29. The van der Waals surface area contributed by atoms with Crippen molar-refractivity contribution in [2.24, 2.45) is 0 Å². The maximum Gasteiger partial charge on any atom is 0.119 e. The number of pyridine rings is 1. The van der Waals surface area contributed by atoms with Crippen LogP contribution in [-0.4, -0.2) is 27.6 Å². The van der Waals surface area contributed by atoms with Crippen molar-refractivity contribution in [1.29, 1.82) is 0 Å². The topological polar surface area (TPSA) is 30.3 Å². The summed E-state index contributed by atoms with van der Waals surface area (Å²) >= 11 is 0. The highest BCUT2D eigenvalue weighted by Gasteiger charge is 2.27. The van der Waals surface area contributed by atoms with Gasteiger partial charge in [0, 0.05) is 37.7 Å². The monoisotopic (exact) mass is 347 g/mol. The van der Waals surface area contributed by atoms with Crippen molar-refractivity contribution in [1.82, 2.24) is 14.5 Å². The van der Waals surface area contributed by atoms with Gasteiger partial charge in [0.05, 0.1) is 18.3 Å². The molecule has 0 bridgehead atoms. The Balaban J connectivity index is 1.69. The molecule has 3 heterocycles. The molecule has 0 N–H and O–H groups in total. The Labute approximate surface area is 155 Å². The second kappa shape index (κ2) is 7.75. The van der Waals surface area contributed by atoms with Gasteiger partial charge in [-0.1, -0.05) is 18.2 Å². The Bertz CT molecular complexity index is 826. The van der Waals surface area contributed by atoms with Crippen LogP contribution in [0.25, 0.3) is 0 Å². The fourth-order valence-electron chi connectivity index (χ4n) is 3.80. The first-order valence-electron chi connectivity index (χ1n) is 9.37. The van der Waals surface area contributed by atoms with E-state index in [2.05, 4.69) is 69.2 Å². The number of rotatable bonds is 5. The quantitative estimate of drug-likeness (QED) is 0.690. The Morgan fingerprint density at radius 2 is 1.92 bits per heavy atom. The lowest BCUT2D eigenvalue weighted by atomic mass is 10.0. The lowest BCUT2D eigenvalue weighted by Gasteiger charge is -2.30. The van der Waals surface area contributed by atoms with Gasteiger partial charge in [0.2, 0.25) is 0 Å². The van der Waals surface area contributed by atoms with Crippen molar-refractivity contribution in [3.8, 4) is 5.75 Å². The van der Waals surface area contributed by atoms with E-state index in [0.717, 1.165) is 37.5 Å². The van der Waals surface area contributed by atoms with Gasteiger partial charge in [-0.2, -0.15) is 0 Å². The van der Waals surface area contributed by atoms with E-state index in [1.165, 1.54) is 11.3 Å². The predicted octanol–water partition coefficient (Wildman–Crippen LogP) is 4.28. The maximum absolute atomic E-state index is 5.62. The van der Waals surface area contributed by atoms with E-state index in [0.29, 0.717) is 6.61 Å². The van der Waals surface area contributed by atoms with Crippen molar-refractivity contribution >= 4 is 0 Å². The van der Waals surface area contributed by atoms with Crippen LogP contribution in [0.15, 0.2) is 67.0 Å². The highest BCUT2D eigenvalue weighted by molar-refractivity contribution is 5.34. The first-order valence-corrected chi connectivity index (χ1v) is 9.37. The Kier molecular flexibility index (Phi) is 5.02. The Morgan fingerprint density at radius 3 is 2.69 bits per heavy atom. The molecule has 1 aliphatic rings. The van der Waals surface area contributed by atoms with Crippen molar-refractivity contribution in [2.75, 3.05) is 13.2 Å². The van der Waals surface area contributed by atoms with Crippen LogP contribution >= 0.6 is 0 Å². The van der Waals surface area contributed by atoms with Crippen LogP contribution in [0.3, 0.4) is 0 Å². The zero-order valence-electron chi connectivity index (χ0n) is 15.2. The maximum atomic E-state index is 5.62. The largest absolute Gasteiger partial charge is 0.494 e. The second-order valence-electron chi connectivity index (χ2n) is 6.68. The van der Waals surface area contributed by atoms with E-state index < -0.39 is 0 Å². The van der Waals surface area contributed by atoms with Crippen molar-refractivity contribution in [2.45, 2.75) is 32.5 Å². The van der Waals surface area contributed by atoms with Crippen molar-refractivity contribution in [3.05, 3.63) is 83.9 Å². The summed E-state index contributed by atoms with van der Waals surface area (Å²) in [6.45, 7) is 5.67. The van der Waals surface area contributed by atoms with Gasteiger partial charge >= 0.3 is 0 Å². The highest BCUT2D eigenvalue weighted by Crippen LogP contribution is 2.33. The van der Waals surface area contributed by atoms with Crippen LogP contribution in [0, 0.1) is 0 Å². The van der Waals surface area contributed by atoms with Gasteiger partial charge in [0.25, 0.3) is 0 Å². The molecule has 2 aromatic heterocycles. The summed E-state index contributed by atoms with van der Waals surface area (Å²) in [7, 11) is 0. The molecule has 4 rings (SSSR count). The molecule has 0 saturated heterocycles. The molecule has 1 atom stereocenters. The molecule has 4 heteroatoms. The number of hydrogen-bond acceptors (Lipinski definition) is 3. The van der Waals surface area contributed by atoms with Gasteiger partial charge in [-0.15, -0.1) is 0 Å². The molecule has 1 aliphatic heterocycles. The minimum absolute atomic E-state index is 0.227. The summed E-state index contributed by atoms with van der Waals surface area (Å²) in [6, 6.07) is 19.3.